The van der Waals surface area contributed by atoms with Crippen LogP contribution in [0.5, 0.6) is 11.5 Å². The lowest BCUT2D eigenvalue weighted by molar-refractivity contribution is -0.136. The molecule has 168 valence electrons. The fourth-order valence-electron chi connectivity index (χ4n) is 2.89. The zero-order chi connectivity index (χ0) is 23.3. The molecule has 1 aliphatic heterocycles. The van der Waals surface area contributed by atoms with Crippen molar-refractivity contribution in [3.8, 4) is 11.5 Å². The van der Waals surface area contributed by atoms with Crippen LogP contribution in [0.3, 0.4) is 0 Å². The number of pyridine rings is 1. The number of carbonyl (C=O) groups excluding carboxylic acids is 4. The highest BCUT2D eigenvalue weighted by atomic mass is 32.2. The van der Waals surface area contributed by atoms with Gasteiger partial charge in [0.05, 0.1) is 30.7 Å². The zero-order valence-electron chi connectivity index (χ0n) is 17.6. The first-order chi connectivity index (χ1) is 15.3. The maximum Gasteiger partial charge on any atom is 0.341 e. The van der Waals surface area contributed by atoms with Crippen LogP contribution in [0.4, 0.5) is 5.69 Å². The molecular weight excluding hydrogens is 438 g/mol. The average molecular weight is 459 g/mol. The number of rotatable bonds is 8. The number of ether oxygens (including phenoxy) is 3. The lowest BCUT2D eigenvalue weighted by Gasteiger charge is -2.13. The molecule has 0 radical (unpaired) electrons. The Hall–Kier alpha value is -3.60. The molecule has 11 heteroatoms. The van der Waals surface area contributed by atoms with Gasteiger partial charge in [0, 0.05) is 25.7 Å². The van der Waals surface area contributed by atoms with Crippen LogP contribution in [0, 0.1) is 0 Å². The van der Waals surface area contributed by atoms with Crippen molar-refractivity contribution in [2.24, 2.45) is 0 Å². The Bertz CT molecular complexity index is 1060. The molecule has 1 N–H and O–H groups in total. The number of benzene rings is 1. The first-order valence-corrected chi connectivity index (χ1v) is 10.3. The summed E-state index contributed by atoms with van der Waals surface area (Å²) in [7, 11) is 4.37. The van der Waals surface area contributed by atoms with Gasteiger partial charge in [0.15, 0.2) is 6.61 Å². The van der Waals surface area contributed by atoms with Gasteiger partial charge >= 0.3 is 5.97 Å². The van der Waals surface area contributed by atoms with Gasteiger partial charge in [-0.05, 0) is 24.3 Å². The summed E-state index contributed by atoms with van der Waals surface area (Å²) in [6, 6.07) is 7.87. The third-order valence-corrected chi connectivity index (χ3v) is 5.80. The van der Waals surface area contributed by atoms with Gasteiger partial charge in [-0.25, -0.2) is 9.78 Å². The van der Waals surface area contributed by atoms with E-state index in [2.05, 4.69) is 10.3 Å². The lowest BCUT2D eigenvalue weighted by atomic mass is 10.2. The summed E-state index contributed by atoms with van der Waals surface area (Å²) in [6.45, 7) is -0.545. The number of nitrogens with zero attached hydrogens (tertiary/aromatic N) is 2. The van der Waals surface area contributed by atoms with Crippen molar-refractivity contribution in [2.45, 2.75) is 16.7 Å². The molecule has 1 fully saturated rings. The van der Waals surface area contributed by atoms with Gasteiger partial charge in [-0.15, -0.1) is 0 Å². The number of anilines is 1. The Labute approximate surface area is 188 Å². The second-order valence-corrected chi connectivity index (χ2v) is 7.84. The molecule has 0 spiro atoms. The minimum atomic E-state index is -0.775. The summed E-state index contributed by atoms with van der Waals surface area (Å²) < 4.78 is 15.4. The molecule has 0 saturated carbocycles. The van der Waals surface area contributed by atoms with E-state index in [4.69, 9.17) is 14.2 Å². The van der Waals surface area contributed by atoms with Gasteiger partial charge in [0.2, 0.25) is 11.8 Å². The van der Waals surface area contributed by atoms with Gasteiger partial charge in [0.25, 0.3) is 5.91 Å². The number of imide groups is 1. The fraction of sp³-hybridized carbons (Fsp3) is 0.286. The van der Waals surface area contributed by atoms with Gasteiger partial charge in [-0.2, -0.15) is 0 Å². The van der Waals surface area contributed by atoms with E-state index in [-0.39, 0.29) is 28.8 Å². The minimum Gasteiger partial charge on any atom is -0.497 e. The number of hydrogen-bond acceptors (Lipinski definition) is 9. The van der Waals surface area contributed by atoms with Gasteiger partial charge in [0.1, 0.15) is 16.5 Å². The molecule has 10 nitrogen and oxygen atoms in total. The molecule has 1 aromatic heterocycles. The van der Waals surface area contributed by atoms with E-state index in [1.54, 1.807) is 18.2 Å². The maximum atomic E-state index is 12.6. The van der Waals surface area contributed by atoms with Crippen molar-refractivity contribution in [3.05, 3.63) is 42.1 Å². The highest BCUT2D eigenvalue weighted by Gasteiger charge is 2.37. The highest BCUT2D eigenvalue weighted by molar-refractivity contribution is 8.00. The quantitative estimate of drug-likeness (QED) is 0.464. The third-order valence-electron chi connectivity index (χ3n) is 4.60. The number of carbonyl (C=O) groups is 4. The Morgan fingerprint density at radius 2 is 2.00 bits per heavy atom. The summed E-state index contributed by atoms with van der Waals surface area (Å²) in [5, 5.41) is 2.18. The Morgan fingerprint density at radius 1 is 1.22 bits per heavy atom. The number of methoxy groups -OCH3 is 2. The molecule has 2 heterocycles. The van der Waals surface area contributed by atoms with Crippen LogP contribution in [-0.4, -0.2) is 66.7 Å². The Kier molecular flexibility index (Phi) is 7.31. The van der Waals surface area contributed by atoms with Gasteiger partial charge in [-0.1, -0.05) is 11.8 Å². The largest absolute Gasteiger partial charge is 0.497 e. The van der Waals surface area contributed by atoms with Crippen LogP contribution >= 0.6 is 11.8 Å². The molecule has 0 bridgehead atoms. The van der Waals surface area contributed by atoms with Crippen LogP contribution < -0.4 is 14.8 Å². The molecule has 1 aliphatic rings. The Balaban J connectivity index is 1.63. The van der Waals surface area contributed by atoms with Crippen molar-refractivity contribution >= 4 is 41.1 Å². The number of esters is 1. The fourth-order valence-corrected chi connectivity index (χ4v) is 4.04. The smallest absolute Gasteiger partial charge is 0.341 e. The normalized spacial score (nSPS) is 15.5. The van der Waals surface area contributed by atoms with Crippen molar-refractivity contribution in [1.29, 1.82) is 0 Å². The van der Waals surface area contributed by atoms with Crippen LogP contribution in [0.1, 0.15) is 16.8 Å². The number of amides is 3. The van der Waals surface area contributed by atoms with Gasteiger partial charge in [-0.3, -0.25) is 19.3 Å². The van der Waals surface area contributed by atoms with Crippen LogP contribution in [0.25, 0.3) is 0 Å². The molecule has 2 aromatic rings. The summed E-state index contributed by atoms with van der Waals surface area (Å²) in [5.74, 6) is -1.05. The summed E-state index contributed by atoms with van der Waals surface area (Å²) >= 11 is 1.01. The van der Waals surface area contributed by atoms with Crippen LogP contribution in [-0.2, 0) is 19.1 Å². The molecule has 3 rings (SSSR count). The monoisotopic (exact) mass is 459 g/mol. The SMILES string of the molecule is COc1ccc(NC(=O)COC(=O)c2cccnc2SC2CC(=O)N(C)C2=O)c(OC)c1. The van der Waals surface area contributed by atoms with Crippen LogP contribution in [0.2, 0.25) is 0 Å². The maximum absolute atomic E-state index is 12.6. The number of likely N-dealkylation sites (tertiary alicyclic amines) is 1. The summed E-state index contributed by atoms with van der Waals surface area (Å²) in [5.41, 5.74) is 0.489. The van der Waals surface area contributed by atoms with E-state index in [1.807, 2.05) is 0 Å². The van der Waals surface area contributed by atoms with Crippen LogP contribution in [0.15, 0.2) is 41.6 Å². The number of thioether (sulfide) groups is 1. The zero-order valence-corrected chi connectivity index (χ0v) is 18.4. The first-order valence-electron chi connectivity index (χ1n) is 9.45. The molecule has 3 amide bonds. The lowest BCUT2D eigenvalue weighted by Crippen LogP contribution is -2.26. The summed E-state index contributed by atoms with van der Waals surface area (Å²) in [6.07, 6.45) is 1.49. The van der Waals surface area contributed by atoms with Crippen molar-refractivity contribution in [2.75, 3.05) is 33.2 Å². The number of hydrogen-bond donors (Lipinski definition) is 1. The number of nitrogens with one attached hydrogen (secondary N) is 1. The standard InChI is InChI=1S/C21H21N3O7S/c1-24-18(26)10-16(20(24)27)32-19-13(5-4-8-22-19)21(28)31-11-17(25)23-14-7-6-12(29-2)9-15(14)30-3/h4-9,16H,10-11H2,1-3H3,(H,23,25). The molecule has 0 aliphatic carbocycles. The van der Waals surface area contributed by atoms with Gasteiger partial charge < -0.3 is 19.5 Å². The van der Waals surface area contributed by atoms with E-state index in [1.165, 1.54) is 39.6 Å². The third kappa shape index (κ3) is 5.17. The molecule has 1 unspecified atom stereocenters. The second-order valence-electron chi connectivity index (χ2n) is 6.65. The van der Waals surface area contributed by atoms with Crippen molar-refractivity contribution in [3.63, 3.8) is 0 Å². The highest BCUT2D eigenvalue weighted by Crippen LogP contribution is 2.32. The minimum absolute atomic E-state index is 0.0250. The van der Waals surface area contributed by atoms with Crippen molar-refractivity contribution < 1.29 is 33.4 Å². The average Bonchev–Trinajstić information content (AvgIpc) is 3.04. The van der Waals surface area contributed by atoms with E-state index in [0.717, 1.165) is 16.7 Å². The Morgan fingerprint density at radius 3 is 2.66 bits per heavy atom. The molecular formula is C21H21N3O7S. The molecule has 1 atom stereocenters. The predicted octanol–water partition coefficient (Wildman–Crippen LogP) is 1.74. The summed E-state index contributed by atoms with van der Waals surface area (Å²) in [4.78, 5) is 53.9. The molecule has 32 heavy (non-hydrogen) atoms. The molecule has 1 saturated heterocycles. The second kappa shape index (κ2) is 10.1. The van der Waals surface area contributed by atoms with Crippen molar-refractivity contribution in [1.82, 2.24) is 9.88 Å². The topological polar surface area (TPSA) is 124 Å². The van der Waals surface area contributed by atoms with E-state index < -0.39 is 23.7 Å². The molecule has 1 aromatic carbocycles. The first kappa shape index (κ1) is 23.1. The number of aromatic nitrogens is 1. The predicted molar refractivity (Wildman–Crippen MR) is 115 cm³/mol. The van der Waals surface area contributed by atoms with E-state index >= 15 is 0 Å². The van der Waals surface area contributed by atoms with E-state index in [0.29, 0.717) is 17.2 Å². The van der Waals surface area contributed by atoms with E-state index in [9.17, 15) is 19.2 Å².